The summed E-state index contributed by atoms with van der Waals surface area (Å²) in [5.74, 6) is 0.216. The number of nitrogens with one attached hydrogen (secondary N) is 1. The molecule has 0 aromatic heterocycles. The van der Waals surface area contributed by atoms with Crippen LogP contribution in [0.1, 0.15) is 30.4 Å². The second-order valence-electron chi connectivity index (χ2n) is 4.39. The predicted octanol–water partition coefficient (Wildman–Crippen LogP) is 2.50. The van der Waals surface area contributed by atoms with Crippen LogP contribution in [0, 0.1) is 0 Å². The van der Waals surface area contributed by atoms with E-state index >= 15 is 0 Å². The summed E-state index contributed by atoms with van der Waals surface area (Å²) in [6.07, 6.45) is 3.15. The van der Waals surface area contributed by atoms with E-state index in [4.69, 9.17) is 0 Å². The first-order chi connectivity index (χ1) is 7.24. The van der Waals surface area contributed by atoms with Gasteiger partial charge >= 0.3 is 0 Å². The number of carbonyl (C=O) groups is 1. The van der Waals surface area contributed by atoms with E-state index in [1.165, 1.54) is 11.1 Å². The summed E-state index contributed by atoms with van der Waals surface area (Å²) in [5, 5.41) is 3.00. The number of rotatable bonds is 0. The third kappa shape index (κ3) is 1.13. The Hall–Kier alpha value is -0.830. The van der Waals surface area contributed by atoms with Crippen LogP contribution < -0.4 is 5.32 Å². The molecular weight excluding hydrogens is 254 g/mol. The average Bonchev–Trinajstić information content (AvgIpc) is 2.16. The Labute approximate surface area is 97.2 Å². The lowest BCUT2D eigenvalue weighted by Gasteiger charge is -2.45. The molecule has 1 saturated carbocycles. The van der Waals surface area contributed by atoms with Gasteiger partial charge in [-0.2, -0.15) is 0 Å². The van der Waals surface area contributed by atoms with Crippen LogP contribution in [-0.2, 0) is 16.8 Å². The molecule has 3 heteroatoms. The summed E-state index contributed by atoms with van der Waals surface area (Å²) in [6, 6.07) is 6.18. The maximum absolute atomic E-state index is 12.0. The number of hydrogen-bond donors (Lipinski definition) is 1. The predicted molar refractivity (Wildman–Crippen MR) is 61.5 cm³/mol. The Balaban J connectivity index is 2.23. The van der Waals surface area contributed by atoms with Crippen molar-refractivity contribution in [2.24, 2.45) is 0 Å². The maximum atomic E-state index is 12.0. The van der Waals surface area contributed by atoms with E-state index in [2.05, 4.69) is 27.3 Å². The van der Waals surface area contributed by atoms with E-state index in [-0.39, 0.29) is 11.3 Å². The molecule has 0 unspecified atom stereocenters. The first-order valence-electron chi connectivity index (χ1n) is 5.30. The standard InChI is InChI=1S/C12H12BrNO/c13-9-4-1-3-8-7-14-11(15)12(10(8)9)5-2-6-12/h1,3-4H,2,5-7H2,(H,14,15). The third-order valence-corrected chi connectivity index (χ3v) is 4.32. The van der Waals surface area contributed by atoms with Gasteiger partial charge in [0.05, 0.1) is 5.41 Å². The molecule has 1 aliphatic carbocycles. The van der Waals surface area contributed by atoms with Crippen LogP contribution in [0.15, 0.2) is 22.7 Å². The van der Waals surface area contributed by atoms with Crippen molar-refractivity contribution in [3.63, 3.8) is 0 Å². The van der Waals surface area contributed by atoms with Crippen LogP contribution in [0.4, 0.5) is 0 Å². The first kappa shape index (κ1) is 9.40. The van der Waals surface area contributed by atoms with Gasteiger partial charge in [-0.1, -0.05) is 34.5 Å². The van der Waals surface area contributed by atoms with Gasteiger partial charge in [0.1, 0.15) is 0 Å². The topological polar surface area (TPSA) is 29.1 Å². The van der Waals surface area contributed by atoms with Crippen molar-refractivity contribution in [3.8, 4) is 0 Å². The Morgan fingerprint density at radius 1 is 1.33 bits per heavy atom. The number of hydrogen-bond acceptors (Lipinski definition) is 1. The molecule has 1 aliphatic heterocycles. The quantitative estimate of drug-likeness (QED) is 0.768. The van der Waals surface area contributed by atoms with E-state index < -0.39 is 0 Å². The van der Waals surface area contributed by atoms with Crippen molar-refractivity contribution < 1.29 is 4.79 Å². The van der Waals surface area contributed by atoms with E-state index in [1.807, 2.05) is 12.1 Å². The lowest BCUT2D eigenvalue weighted by Crippen LogP contribution is -2.53. The number of benzene rings is 1. The van der Waals surface area contributed by atoms with Gasteiger partial charge < -0.3 is 5.32 Å². The highest BCUT2D eigenvalue weighted by Crippen LogP contribution is 2.49. The van der Waals surface area contributed by atoms with Crippen LogP contribution in [0.2, 0.25) is 0 Å². The third-order valence-electron chi connectivity index (χ3n) is 3.66. The van der Waals surface area contributed by atoms with Gasteiger partial charge in [-0.05, 0) is 30.0 Å². The van der Waals surface area contributed by atoms with E-state index in [1.54, 1.807) is 0 Å². The highest BCUT2D eigenvalue weighted by molar-refractivity contribution is 9.10. The van der Waals surface area contributed by atoms with E-state index in [0.717, 1.165) is 23.7 Å². The molecule has 78 valence electrons. The SMILES string of the molecule is O=C1NCc2cccc(Br)c2C12CCC2. The fourth-order valence-corrected chi connectivity index (χ4v) is 3.50. The van der Waals surface area contributed by atoms with Gasteiger partial charge in [-0.15, -0.1) is 0 Å². The lowest BCUT2D eigenvalue weighted by atomic mass is 9.61. The summed E-state index contributed by atoms with van der Waals surface area (Å²) in [7, 11) is 0. The van der Waals surface area contributed by atoms with Crippen molar-refractivity contribution >= 4 is 21.8 Å². The lowest BCUT2D eigenvalue weighted by molar-refractivity contribution is -0.131. The number of carbonyl (C=O) groups excluding carboxylic acids is 1. The molecule has 0 atom stereocenters. The molecule has 3 rings (SSSR count). The molecule has 1 amide bonds. The minimum Gasteiger partial charge on any atom is -0.351 e. The van der Waals surface area contributed by atoms with Crippen molar-refractivity contribution in [1.29, 1.82) is 0 Å². The summed E-state index contributed by atoms with van der Waals surface area (Å²) in [6.45, 7) is 0.676. The Morgan fingerprint density at radius 3 is 2.80 bits per heavy atom. The van der Waals surface area contributed by atoms with Crippen molar-refractivity contribution in [2.75, 3.05) is 0 Å². The summed E-state index contributed by atoms with van der Waals surface area (Å²) < 4.78 is 1.09. The largest absolute Gasteiger partial charge is 0.351 e. The molecule has 1 N–H and O–H groups in total. The van der Waals surface area contributed by atoms with Crippen molar-refractivity contribution in [3.05, 3.63) is 33.8 Å². The fraction of sp³-hybridized carbons (Fsp3) is 0.417. The highest BCUT2D eigenvalue weighted by Gasteiger charge is 2.49. The molecule has 1 fully saturated rings. The second kappa shape index (κ2) is 3.08. The Kier molecular flexibility index (Phi) is 1.93. The number of amides is 1. The molecule has 0 bridgehead atoms. The van der Waals surface area contributed by atoms with Gasteiger partial charge in [-0.3, -0.25) is 4.79 Å². The van der Waals surface area contributed by atoms with Crippen LogP contribution in [0.25, 0.3) is 0 Å². The molecule has 1 spiro atoms. The zero-order valence-electron chi connectivity index (χ0n) is 8.35. The minimum atomic E-state index is -0.215. The van der Waals surface area contributed by atoms with E-state index in [9.17, 15) is 4.79 Å². The molecule has 0 saturated heterocycles. The first-order valence-corrected chi connectivity index (χ1v) is 6.09. The fourth-order valence-electron chi connectivity index (χ4n) is 2.72. The summed E-state index contributed by atoms with van der Waals surface area (Å²) >= 11 is 3.58. The zero-order chi connectivity index (χ0) is 10.5. The van der Waals surface area contributed by atoms with E-state index in [0.29, 0.717) is 6.54 Å². The molecule has 1 heterocycles. The Morgan fingerprint density at radius 2 is 2.13 bits per heavy atom. The molecular formula is C12H12BrNO. The molecule has 2 aliphatic rings. The molecule has 15 heavy (non-hydrogen) atoms. The van der Waals surface area contributed by atoms with Gasteiger partial charge in [0.25, 0.3) is 0 Å². The van der Waals surface area contributed by atoms with Crippen molar-refractivity contribution in [1.82, 2.24) is 5.32 Å². The number of halogens is 1. The smallest absolute Gasteiger partial charge is 0.230 e. The van der Waals surface area contributed by atoms with Gasteiger partial charge in [0, 0.05) is 11.0 Å². The van der Waals surface area contributed by atoms with Crippen LogP contribution in [0.3, 0.4) is 0 Å². The molecule has 0 radical (unpaired) electrons. The average molecular weight is 266 g/mol. The molecule has 2 nitrogen and oxygen atoms in total. The van der Waals surface area contributed by atoms with Crippen LogP contribution in [0.5, 0.6) is 0 Å². The minimum absolute atomic E-state index is 0.215. The molecule has 1 aromatic carbocycles. The second-order valence-corrected chi connectivity index (χ2v) is 5.25. The highest BCUT2D eigenvalue weighted by atomic mass is 79.9. The normalized spacial score (nSPS) is 21.8. The summed E-state index contributed by atoms with van der Waals surface area (Å²) in [4.78, 5) is 12.0. The number of fused-ring (bicyclic) bond motifs is 2. The van der Waals surface area contributed by atoms with Gasteiger partial charge in [0.15, 0.2) is 0 Å². The summed E-state index contributed by atoms with van der Waals surface area (Å²) in [5.41, 5.74) is 2.29. The molecule has 1 aromatic rings. The van der Waals surface area contributed by atoms with Crippen LogP contribution in [-0.4, -0.2) is 5.91 Å². The van der Waals surface area contributed by atoms with Gasteiger partial charge in [0.2, 0.25) is 5.91 Å². The maximum Gasteiger partial charge on any atom is 0.230 e. The van der Waals surface area contributed by atoms with Crippen molar-refractivity contribution in [2.45, 2.75) is 31.2 Å². The van der Waals surface area contributed by atoms with Gasteiger partial charge in [-0.25, -0.2) is 0 Å². The zero-order valence-corrected chi connectivity index (χ0v) is 9.93. The monoisotopic (exact) mass is 265 g/mol. The Bertz CT molecular complexity index is 437. The van der Waals surface area contributed by atoms with Crippen LogP contribution >= 0.6 is 15.9 Å².